The maximum absolute atomic E-state index is 12.1. The zero-order chi connectivity index (χ0) is 16.9. The summed E-state index contributed by atoms with van der Waals surface area (Å²) in [6.45, 7) is 2.98. The molecule has 9 heteroatoms. The molecule has 0 amide bonds. The molecule has 3 rings (SSSR count). The average Bonchev–Trinajstić information content (AvgIpc) is 3.22. The van der Waals surface area contributed by atoms with E-state index in [-0.39, 0.29) is 17.9 Å². The number of carbonyl (C=O) groups is 1. The van der Waals surface area contributed by atoms with Gasteiger partial charge >= 0.3 is 5.97 Å². The van der Waals surface area contributed by atoms with Crippen LogP contribution in [0.5, 0.6) is 0 Å². The number of hydrogen-bond acceptors (Lipinski definition) is 8. The summed E-state index contributed by atoms with van der Waals surface area (Å²) in [6.07, 6.45) is 2.00. The van der Waals surface area contributed by atoms with E-state index in [1.165, 1.54) is 34.2 Å². The quantitative estimate of drug-likeness (QED) is 0.473. The van der Waals surface area contributed by atoms with Gasteiger partial charge in [0.2, 0.25) is 10.7 Å². The summed E-state index contributed by atoms with van der Waals surface area (Å²) in [6, 6.07) is 4.39. The molecule has 0 saturated heterocycles. The zero-order valence-corrected chi connectivity index (χ0v) is 13.7. The highest BCUT2D eigenvalue weighted by atomic mass is 32.1. The number of esters is 1. The van der Waals surface area contributed by atoms with E-state index >= 15 is 0 Å². The Balaban J connectivity index is 1.72. The van der Waals surface area contributed by atoms with Crippen LogP contribution in [0.1, 0.15) is 28.2 Å². The monoisotopic (exact) mass is 349 g/mol. The molecule has 3 heterocycles. The van der Waals surface area contributed by atoms with Crippen LogP contribution < -0.4 is 5.56 Å². The van der Waals surface area contributed by atoms with Gasteiger partial charge in [-0.05, 0) is 19.1 Å². The van der Waals surface area contributed by atoms with Gasteiger partial charge in [-0.25, -0.2) is 9.78 Å². The van der Waals surface area contributed by atoms with Crippen molar-refractivity contribution in [2.75, 3.05) is 13.2 Å². The Hall–Kier alpha value is -2.52. The molecule has 0 N–H and O–H groups in total. The fourth-order valence-corrected chi connectivity index (χ4v) is 2.88. The summed E-state index contributed by atoms with van der Waals surface area (Å²) >= 11 is 1.31. The molecule has 0 fully saturated rings. The van der Waals surface area contributed by atoms with Gasteiger partial charge < -0.3 is 13.9 Å². The Morgan fingerprint density at radius 3 is 3.08 bits per heavy atom. The van der Waals surface area contributed by atoms with Gasteiger partial charge in [0, 0.05) is 19.1 Å². The van der Waals surface area contributed by atoms with Crippen molar-refractivity contribution < 1.29 is 18.7 Å². The number of furan rings is 1. The summed E-state index contributed by atoms with van der Waals surface area (Å²) in [4.78, 5) is 28.6. The van der Waals surface area contributed by atoms with Crippen LogP contribution in [0.2, 0.25) is 0 Å². The van der Waals surface area contributed by atoms with Crippen molar-refractivity contribution in [1.29, 1.82) is 0 Å². The number of rotatable bonds is 7. The van der Waals surface area contributed by atoms with E-state index < -0.39 is 5.97 Å². The standard InChI is InChI=1S/C15H15N3O5S/c1-2-21-7-5-12-17-18-13(19)8-10(16-15(18)24-12)9-23-14(20)11-4-3-6-22-11/h3-4,6,8H,2,5,7,9H2,1H3. The Morgan fingerprint density at radius 2 is 2.33 bits per heavy atom. The van der Waals surface area contributed by atoms with Crippen molar-refractivity contribution in [3.05, 3.63) is 51.3 Å². The first-order valence-corrected chi connectivity index (χ1v) is 8.16. The molecule has 0 aliphatic carbocycles. The molecule has 0 bridgehead atoms. The number of nitrogens with zero attached hydrogens (tertiary/aromatic N) is 3. The van der Waals surface area contributed by atoms with Crippen LogP contribution in [-0.4, -0.2) is 33.8 Å². The SMILES string of the molecule is CCOCCc1nn2c(=O)cc(COC(=O)c3ccco3)nc2s1. The van der Waals surface area contributed by atoms with Gasteiger partial charge in [0.05, 0.1) is 18.6 Å². The lowest BCUT2D eigenvalue weighted by molar-refractivity contribution is 0.0431. The number of carbonyl (C=O) groups excluding carboxylic acids is 1. The van der Waals surface area contributed by atoms with Crippen LogP contribution in [-0.2, 0) is 22.5 Å². The molecule has 0 spiro atoms. The third-order valence-corrected chi connectivity index (χ3v) is 4.05. The summed E-state index contributed by atoms with van der Waals surface area (Å²) < 4.78 is 16.6. The maximum Gasteiger partial charge on any atom is 0.374 e. The molecule has 0 aromatic carbocycles. The third-order valence-electron chi connectivity index (χ3n) is 3.08. The van der Waals surface area contributed by atoms with E-state index in [0.29, 0.717) is 30.3 Å². The predicted molar refractivity (Wildman–Crippen MR) is 85.2 cm³/mol. The highest BCUT2D eigenvalue weighted by Gasteiger charge is 2.13. The van der Waals surface area contributed by atoms with Gasteiger partial charge in [-0.2, -0.15) is 9.61 Å². The number of hydrogen-bond donors (Lipinski definition) is 0. The molecule has 0 aliphatic heterocycles. The number of aromatic nitrogens is 3. The first-order chi connectivity index (χ1) is 11.7. The van der Waals surface area contributed by atoms with Gasteiger partial charge in [0.15, 0.2) is 0 Å². The second-order valence-corrected chi connectivity index (χ2v) is 5.82. The van der Waals surface area contributed by atoms with Crippen LogP contribution in [0.15, 0.2) is 33.7 Å². The third kappa shape index (κ3) is 3.69. The van der Waals surface area contributed by atoms with Crippen molar-refractivity contribution in [3.8, 4) is 0 Å². The molecule has 126 valence electrons. The van der Waals surface area contributed by atoms with Gasteiger partial charge in [0.1, 0.15) is 11.6 Å². The number of ether oxygens (including phenoxy) is 2. The first kappa shape index (κ1) is 16.3. The highest BCUT2D eigenvalue weighted by molar-refractivity contribution is 7.16. The van der Waals surface area contributed by atoms with Crippen LogP contribution >= 0.6 is 11.3 Å². The maximum atomic E-state index is 12.1. The fourth-order valence-electron chi connectivity index (χ4n) is 1.98. The number of fused-ring (bicyclic) bond motifs is 1. The summed E-state index contributed by atoms with van der Waals surface area (Å²) in [7, 11) is 0. The average molecular weight is 349 g/mol. The molecule has 0 atom stereocenters. The highest BCUT2D eigenvalue weighted by Crippen LogP contribution is 2.13. The first-order valence-electron chi connectivity index (χ1n) is 7.34. The topological polar surface area (TPSA) is 95.9 Å². The molecule has 0 saturated carbocycles. The van der Waals surface area contributed by atoms with Gasteiger partial charge in [-0.15, -0.1) is 0 Å². The minimum Gasteiger partial charge on any atom is -0.457 e. The molecule has 0 radical (unpaired) electrons. The van der Waals surface area contributed by atoms with Crippen molar-refractivity contribution >= 4 is 22.3 Å². The molecular weight excluding hydrogens is 334 g/mol. The van der Waals surface area contributed by atoms with Crippen molar-refractivity contribution in [3.63, 3.8) is 0 Å². The Bertz CT molecular complexity index is 884. The fraction of sp³-hybridized carbons (Fsp3) is 0.333. The van der Waals surface area contributed by atoms with Crippen molar-refractivity contribution in [1.82, 2.24) is 14.6 Å². The van der Waals surface area contributed by atoms with Gasteiger partial charge in [-0.1, -0.05) is 11.3 Å². The molecule has 0 aliphatic rings. The largest absolute Gasteiger partial charge is 0.457 e. The van der Waals surface area contributed by atoms with E-state index in [1.54, 1.807) is 6.07 Å². The zero-order valence-electron chi connectivity index (χ0n) is 12.9. The van der Waals surface area contributed by atoms with E-state index in [0.717, 1.165) is 5.01 Å². The molecule has 24 heavy (non-hydrogen) atoms. The smallest absolute Gasteiger partial charge is 0.374 e. The molecule has 3 aromatic heterocycles. The minimum absolute atomic E-state index is 0.101. The lowest BCUT2D eigenvalue weighted by atomic mass is 10.4. The normalized spacial score (nSPS) is 11.0. The summed E-state index contributed by atoms with van der Waals surface area (Å²) in [5, 5.41) is 4.98. The predicted octanol–water partition coefficient (Wildman–Crippen LogP) is 1.68. The van der Waals surface area contributed by atoms with E-state index in [1.807, 2.05) is 6.92 Å². The second kappa shape index (κ2) is 7.37. The second-order valence-electron chi connectivity index (χ2n) is 4.78. The van der Waals surface area contributed by atoms with Crippen LogP contribution in [0.25, 0.3) is 4.96 Å². The van der Waals surface area contributed by atoms with Crippen LogP contribution in [0.4, 0.5) is 0 Å². The summed E-state index contributed by atoms with van der Waals surface area (Å²) in [5.74, 6) is -0.507. The van der Waals surface area contributed by atoms with E-state index in [2.05, 4.69) is 10.1 Å². The van der Waals surface area contributed by atoms with Crippen LogP contribution in [0, 0.1) is 0 Å². The van der Waals surface area contributed by atoms with Crippen LogP contribution in [0.3, 0.4) is 0 Å². The molecule has 0 unspecified atom stereocenters. The molecule has 3 aromatic rings. The minimum atomic E-state index is -0.608. The molecular formula is C15H15N3O5S. The molecule has 8 nitrogen and oxygen atoms in total. The van der Waals surface area contributed by atoms with E-state index in [9.17, 15) is 9.59 Å². The van der Waals surface area contributed by atoms with Gasteiger partial charge in [0.25, 0.3) is 5.56 Å². The van der Waals surface area contributed by atoms with E-state index in [4.69, 9.17) is 13.9 Å². The van der Waals surface area contributed by atoms with Crippen molar-refractivity contribution in [2.24, 2.45) is 0 Å². The van der Waals surface area contributed by atoms with Gasteiger partial charge in [-0.3, -0.25) is 4.79 Å². The Kier molecular flexibility index (Phi) is 5.02. The lowest BCUT2D eigenvalue weighted by Crippen LogP contribution is -2.16. The Morgan fingerprint density at radius 1 is 1.46 bits per heavy atom. The van der Waals surface area contributed by atoms with Crippen molar-refractivity contribution in [2.45, 2.75) is 20.0 Å². The Labute approximate surface area is 140 Å². The summed E-state index contributed by atoms with van der Waals surface area (Å²) in [5.41, 5.74) is 0.0443. The lowest BCUT2D eigenvalue weighted by Gasteiger charge is -2.02.